The number of methoxy groups -OCH3 is 1. The Kier molecular flexibility index (Phi) is 7.00. The summed E-state index contributed by atoms with van der Waals surface area (Å²) in [7, 11) is 3.44. The zero-order valence-corrected chi connectivity index (χ0v) is 15.1. The molecule has 0 fully saturated rings. The molecule has 0 saturated heterocycles. The van der Waals surface area contributed by atoms with E-state index in [9.17, 15) is 4.79 Å². The summed E-state index contributed by atoms with van der Waals surface area (Å²) < 4.78 is 10.7. The second-order valence-corrected chi connectivity index (χ2v) is 6.25. The Hall–Kier alpha value is -2.14. The number of benzene rings is 2. The average Bonchev–Trinajstić information content (AvgIpc) is 2.62. The molecule has 0 bridgehead atoms. The molecule has 0 heterocycles. The number of carbonyl (C=O) groups excluding carboxylic acids is 1. The molecule has 128 valence electrons. The fraction of sp³-hybridized carbons (Fsp3) is 0.316. The monoisotopic (exact) mass is 345 g/mol. The summed E-state index contributed by atoms with van der Waals surface area (Å²) in [5.74, 6) is 1.59. The molecule has 2 rings (SSSR count). The zero-order chi connectivity index (χ0) is 17.4. The Morgan fingerprint density at radius 3 is 2.25 bits per heavy atom. The van der Waals surface area contributed by atoms with Crippen LogP contribution in [-0.2, 0) is 11.3 Å². The first kappa shape index (κ1) is 18.2. The molecule has 24 heavy (non-hydrogen) atoms. The number of carbonyl (C=O) groups is 1. The van der Waals surface area contributed by atoms with E-state index in [0.29, 0.717) is 19.6 Å². The van der Waals surface area contributed by atoms with Crippen molar-refractivity contribution in [3.63, 3.8) is 0 Å². The number of ether oxygens (including phenoxy) is 2. The van der Waals surface area contributed by atoms with E-state index in [1.165, 1.54) is 4.90 Å². The molecular weight excluding hydrogens is 322 g/mol. The van der Waals surface area contributed by atoms with Crippen molar-refractivity contribution in [2.45, 2.75) is 17.9 Å². The first-order valence-corrected chi connectivity index (χ1v) is 8.98. The molecule has 0 unspecified atom stereocenters. The van der Waals surface area contributed by atoms with E-state index in [1.807, 2.05) is 37.6 Å². The fourth-order valence-electron chi connectivity index (χ4n) is 2.21. The highest BCUT2D eigenvalue weighted by molar-refractivity contribution is 7.98. The van der Waals surface area contributed by atoms with E-state index in [4.69, 9.17) is 9.47 Å². The highest BCUT2D eigenvalue weighted by atomic mass is 32.2. The molecule has 0 spiro atoms. The van der Waals surface area contributed by atoms with Crippen molar-refractivity contribution in [3.05, 3.63) is 54.1 Å². The van der Waals surface area contributed by atoms with Gasteiger partial charge in [0.05, 0.1) is 20.1 Å². The summed E-state index contributed by atoms with van der Waals surface area (Å²) >= 11 is 1.71. The number of hydrogen-bond acceptors (Lipinski definition) is 4. The molecule has 0 N–H and O–H groups in total. The van der Waals surface area contributed by atoms with Crippen molar-refractivity contribution in [3.8, 4) is 11.5 Å². The van der Waals surface area contributed by atoms with Gasteiger partial charge in [-0.15, -0.1) is 11.8 Å². The van der Waals surface area contributed by atoms with E-state index in [-0.39, 0.29) is 5.91 Å². The molecule has 2 aromatic carbocycles. The number of amides is 1. The second-order valence-electron chi connectivity index (χ2n) is 5.37. The lowest BCUT2D eigenvalue weighted by atomic mass is 10.2. The van der Waals surface area contributed by atoms with Crippen LogP contribution in [0.3, 0.4) is 0 Å². The molecule has 0 radical (unpaired) electrons. The van der Waals surface area contributed by atoms with Gasteiger partial charge in [0.2, 0.25) is 5.91 Å². The summed E-state index contributed by atoms with van der Waals surface area (Å²) in [5.41, 5.74) is 1.12. The summed E-state index contributed by atoms with van der Waals surface area (Å²) in [5, 5.41) is 0. The minimum absolute atomic E-state index is 0.0671. The van der Waals surface area contributed by atoms with Crippen molar-refractivity contribution < 1.29 is 14.3 Å². The third kappa shape index (κ3) is 5.49. The van der Waals surface area contributed by atoms with Crippen LogP contribution in [-0.4, -0.2) is 37.8 Å². The lowest BCUT2D eigenvalue weighted by molar-refractivity contribution is -0.130. The minimum atomic E-state index is 0.0671. The van der Waals surface area contributed by atoms with Gasteiger partial charge in [0.1, 0.15) is 11.5 Å². The molecule has 1 amide bonds. The normalized spacial score (nSPS) is 10.3. The van der Waals surface area contributed by atoms with Crippen LogP contribution in [0.5, 0.6) is 11.5 Å². The van der Waals surface area contributed by atoms with Gasteiger partial charge in [-0.25, -0.2) is 0 Å². The molecule has 0 aliphatic carbocycles. The van der Waals surface area contributed by atoms with E-state index >= 15 is 0 Å². The third-order valence-corrected chi connectivity index (χ3v) is 4.39. The molecule has 0 aromatic heterocycles. The SMILES string of the molecule is COc1ccc(OCCC(=O)N(C)Cc2ccc(SC)cc2)cc1. The van der Waals surface area contributed by atoms with Crippen LogP contribution in [0.1, 0.15) is 12.0 Å². The first-order chi connectivity index (χ1) is 11.6. The molecule has 5 heteroatoms. The quantitative estimate of drug-likeness (QED) is 0.681. The second kappa shape index (κ2) is 9.23. The van der Waals surface area contributed by atoms with Gasteiger partial charge in [-0.05, 0) is 48.2 Å². The molecule has 0 aliphatic heterocycles. The predicted octanol–water partition coefficient (Wildman–Crippen LogP) is 3.84. The van der Waals surface area contributed by atoms with E-state index < -0.39 is 0 Å². The standard InChI is InChI=1S/C19H23NO3S/c1-20(14-15-4-10-18(24-3)11-5-15)19(21)12-13-23-17-8-6-16(22-2)7-9-17/h4-11H,12-14H2,1-3H3. The average molecular weight is 345 g/mol. The van der Waals surface area contributed by atoms with Crippen LogP contribution in [0.15, 0.2) is 53.4 Å². The maximum atomic E-state index is 12.2. The topological polar surface area (TPSA) is 38.8 Å². The Labute approximate surface area is 147 Å². The highest BCUT2D eigenvalue weighted by Gasteiger charge is 2.09. The maximum absolute atomic E-state index is 12.2. The summed E-state index contributed by atoms with van der Waals surface area (Å²) in [4.78, 5) is 15.1. The Balaban J connectivity index is 1.76. The van der Waals surface area contributed by atoms with Crippen LogP contribution in [0.2, 0.25) is 0 Å². The molecular formula is C19H23NO3S. The lowest BCUT2D eigenvalue weighted by Gasteiger charge is -2.17. The van der Waals surface area contributed by atoms with Gasteiger partial charge in [-0.1, -0.05) is 12.1 Å². The van der Waals surface area contributed by atoms with Crippen molar-refractivity contribution in [2.24, 2.45) is 0 Å². The van der Waals surface area contributed by atoms with Crippen LogP contribution in [0, 0.1) is 0 Å². The van der Waals surface area contributed by atoms with Crippen LogP contribution >= 0.6 is 11.8 Å². The van der Waals surface area contributed by atoms with Gasteiger partial charge in [0.25, 0.3) is 0 Å². The summed E-state index contributed by atoms with van der Waals surface area (Å²) in [6.07, 6.45) is 2.40. The van der Waals surface area contributed by atoms with Crippen LogP contribution in [0.4, 0.5) is 0 Å². The van der Waals surface area contributed by atoms with E-state index in [0.717, 1.165) is 17.1 Å². The van der Waals surface area contributed by atoms with E-state index in [2.05, 4.69) is 24.3 Å². The molecule has 2 aromatic rings. The number of nitrogens with zero attached hydrogens (tertiary/aromatic N) is 1. The Bertz CT molecular complexity index is 641. The van der Waals surface area contributed by atoms with Crippen molar-refractivity contribution in [1.82, 2.24) is 4.90 Å². The summed E-state index contributed by atoms with van der Waals surface area (Å²) in [6, 6.07) is 15.6. The highest BCUT2D eigenvalue weighted by Crippen LogP contribution is 2.18. The van der Waals surface area contributed by atoms with E-state index in [1.54, 1.807) is 23.8 Å². The van der Waals surface area contributed by atoms with Gasteiger partial charge in [-0.2, -0.15) is 0 Å². The number of rotatable bonds is 8. The lowest BCUT2D eigenvalue weighted by Crippen LogP contribution is -2.27. The van der Waals surface area contributed by atoms with Gasteiger partial charge < -0.3 is 14.4 Å². The molecule has 0 saturated carbocycles. The Morgan fingerprint density at radius 1 is 1.04 bits per heavy atom. The molecule has 0 aliphatic rings. The van der Waals surface area contributed by atoms with Crippen molar-refractivity contribution in [1.29, 1.82) is 0 Å². The third-order valence-electron chi connectivity index (χ3n) is 3.65. The number of hydrogen-bond donors (Lipinski definition) is 0. The minimum Gasteiger partial charge on any atom is -0.497 e. The molecule has 0 atom stereocenters. The number of thioether (sulfide) groups is 1. The Morgan fingerprint density at radius 2 is 1.67 bits per heavy atom. The maximum Gasteiger partial charge on any atom is 0.226 e. The fourth-order valence-corrected chi connectivity index (χ4v) is 2.62. The largest absolute Gasteiger partial charge is 0.497 e. The van der Waals surface area contributed by atoms with Gasteiger partial charge in [0.15, 0.2) is 0 Å². The van der Waals surface area contributed by atoms with Crippen molar-refractivity contribution >= 4 is 17.7 Å². The molecule has 4 nitrogen and oxygen atoms in total. The smallest absolute Gasteiger partial charge is 0.226 e. The first-order valence-electron chi connectivity index (χ1n) is 7.76. The van der Waals surface area contributed by atoms with Crippen LogP contribution in [0.25, 0.3) is 0 Å². The van der Waals surface area contributed by atoms with Gasteiger partial charge in [0, 0.05) is 18.5 Å². The van der Waals surface area contributed by atoms with Crippen molar-refractivity contribution in [2.75, 3.05) is 27.0 Å². The van der Waals surface area contributed by atoms with Gasteiger partial charge >= 0.3 is 0 Å². The summed E-state index contributed by atoms with van der Waals surface area (Å²) in [6.45, 7) is 0.969. The van der Waals surface area contributed by atoms with Crippen LogP contribution < -0.4 is 9.47 Å². The van der Waals surface area contributed by atoms with Gasteiger partial charge in [-0.3, -0.25) is 4.79 Å². The predicted molar refractivity (Wildman–Crippen MR) is 97.8 cm³/mol. The zero-order valence-electron chi connectivity index (χ0n) is 14.3.